The Kier molecular flexibility index (Phi) is 8.37. The minimum atomic E-state index is -0.403. The van der Waals surface area contributed by atoms with Gasteiger partial charge in [-0.25, -0.2) is 9.78 Å². The molecule has 7 nitrogen and oxygen atoms in total. The summed E-state index contributed by atoms with van der Waals surface area (Å²) in [6, 6.07) is 17.1. The van der Waals surface area contributed by atoms with Crippen LogP contribution in [0.2, 0.25) is 0 Å². The highest BCUT2D eigenvalue weighted by molar-refractivity contribution is 7.59. The van der Waals surface area contributed by atoms with Crippen LogP contribution in [-0.2, 0) is 0 Å². The number of aromatic nitrogens is 3. The van der Waals surface area contributed by atoms with Crippen LogP contribution in [0, 0.1) is 12.8 Å². The molecule has 38 heavy (non-hydrogen) atoms. The van der Waals surface area contributed by atoms with Gasteiger partial charge in [0.2, 0.25) is 0 Å². The summed E-state index contributed by atoms with van der Waals surface area (Å²) in [6.45, 7) is 1.94. The van der Waals surface area contributed by atoms with Crippen molar-refractivity contribution in [3.05, 3.63) is 81.4 Å². The third kappa shape index (κ3) is 5.01. The Morgan fingerprint density at radius 2 is 1.92 bits per heavy atom. The van der Waals surface area contributed by atoms with Crippen LogP contribution in [0.25, 0.3) is 32.7 Å². The maximum atomic E-state index is 13.4. The molecule has 10 heteroatoms. The predicted molar refractivity (Wildman–Crippen MR) is 164 cm³/mol. The lowest BCUT2D eigenvalue weighted by atomic mass is 9.99. The van der Waals surface area contributed by atoms with Gasteiger partial charge in [-0.15, -0.1) is 11.3 Å². The van der Waals surface area contributed by atoms with E-state index in [0.29, 0.717) is 27.7 Å². The van der Waals surface area contributed by atoms with Crippen LogP contribution < -0.4 is 20.7 Å². The fourth-order valence-electron chi connectivity index (χ4n) is 5.19. The highest BCUT2D eigenvalue weighted by Crippen LogP contribution is 2.32. The van der Waals surface area contributed by atoms with Crippen LogP contribution in [0.5, 0.6) is 11.5 Å². The van der Waals surface area contributed by atoms with Gasteiger partial charge < -0.3 is 15.6 Å². The van der Waals surface area contributed by atoms with Gasteiger partial charge in [-0.2, -0.15) is 32.0 Å². The van der Waals surface area contributed by atoms with E-state index in [9.17, 15) is 9.90 Å². The Bertz CT molecular complexity index is 1700. The van der Waals surface area contributed by atoms with E-state index >= 15 is 0 Å². The number of ether oxygens (including phenoxy) is 1. The van der Waals surface area contributed by atoms with Crippen molar-refractivity contribution in [2.24, 2.45) is 11.7 Å². The molecular formula is C28H30N4O3S3. The summed E-state index contributed by atoms with van der Waals surface area (Å²) in [5, 5.41) is 11.8. The van der Waals surface area contributed by atoms with Gasteiger partial charge in [0.1, 0.15) is 27.6 Å². The standard InChI is InChI=1S/C28H26N4O3S.2H2S/c1-16-14-19(35-18-7-3-2-4-8-18)10-11-21(16)32-22-12-13-30-27-24(22)25(31-28(32)34)26(36-27)23(33)15-17-6-5-9-20(17)29;;/h2-4,7-8,10-14,17,20,33H,5-6,9,15,29H2,1H3;2*1H2/t17-,20+;;/m1../s1. The molecule has 0 unspecified atom stereocenters. The van der Waals surface area contributed by atoms with Gasteiger partial charge in [-0.1, -0.05) is 24.6 Å². The zero-order chi connectivity index (χ0) is 24.8. The first-order chi connectivity index (χ1) is 17.5. The van der Waals surface area contributed by atoms with Crippen molar-refractivity contribution >= 4 is 65.3 Å². The van der Waals surface area contributed by atoms with Gasteiger partial charge in [0.25, 0.3) is 0 Å². The molecule has 1 aliphatic carbocycles. The number of thiophene rings is 1. The van der Waals surface area contributed by atoms with Crippen LogP contribution in [0.3, 0.4) is 0 Å². The van der Waals surface area contributed by atoms with Gasteiger partial charge in [-0.05, 0) is 67.6 Å². The summed E-state index contributed by atoms with van der Waals surface area (Å²) in [5.74, 6) is 1.91. The number of hydrogen-bond donors (Lipinski definition) is 2. The molecule has 2 atom stereocenters. The van der Waals surface area contributed by atoms with Gasteiger partial charge in [-0.3, -0.25) is 4.57 Å². The molecule has 3 aromatic heterocycles. The fraction of sp³-hybridized carbons (Fsp3) is 0.250. The van der Waals surface area contributed by atoms with Crippen LogP contribution in [0.15, 0.2) is 65.6 Å². The summed E-state index contributed by atoms with van der Waals surface area (Å²) >= 11 is 1.37. The number of pyridine rings is 1. The van der Waals surface area contributed by atoms with E-state index < -0.39 is 5.69 Å². The van der Waals surface area contributed by atoms with Gasteiger partial charge in [0.05, 0.1) is 21.1 Å². The molecule has 2 aromatic carbocycles. The number of para-hydroxylation sites is 1. The average molecular weight is 567 g/mol. The van der Waals surface area contributed by atoms with Crippen molar-refractivity contribution in [2.75, 3.05) is 0 Å². The first-order valence-electron chi connectivity index (χ1n) is 12.1. The minimum absolute atomic E-state index is 0. The van der Waals surface area contributed by atoms with Crippen LogP contribution in [0.1, 0.15) is 31.2 Å². The Morgan fingerprint density at radius 3 is 2.63 bits per heavy atom. The second kappa shape index (κ2) is 11.4. The van der Waals surface area contributed by atoms with Gasteiger partial charge >= 0.3 is 5.69 Å². The molecule has 0 bridgehead atoms. The second-order valence-electron chi connectivity index (χ2n) is 9.39. The molecular weight excluding hydrogens is 537 g/mol. The quantitative estimate of drug-likeness (QED) is 0.302. The molecule has 3 N–H and O–H groups in total. The van der Waals surface area contributed by atoms with Crippen molar-refractivity contribution in [3.63, 3.8) is 0 Å². The number of nitrogens with zero attached hydrogens (tertiary/aromatic N) is 3. The maximum Gasteiger partial charge on any atom is 0.353 e. The Balaban J connectivity index is 0.00000168. The number of aryl methyl sites for hydroxylation is 1. The smallest absolute Gasteiger partial charge is 0.353 e. The van der Waals surface area contributed by atoms with E-state index in [1.807, 2.05) is 61.5 Å². The highest BCUT2D eigenvalue weighted by atomic mass is 32.1. The van der Waals surface area contributed by atoms with E-state index in [-0.39, 0.29) is 44.7 Å². The zero-order valence-corrected chi connectivity index (χ0v) is 23.7. The normalized spacial score (nSPS) is 17.7. The SMILES string of the molecule is Cc1cc(Oc2ccccc2)ccc1-n1c(=O)nc2c(=C(O)C[C@H]3CCC[C@@H]3N)sc3nccc1c32.S.S. The number of nitrogens with two attached hydrogens (primary N) is 1. The minimum Gasteiger partial charge on any atom is -0.511 e. The van der Waals surface area contributed by atoms with Crippen LogP contribution >= 0.6 is 38.3 Å². The third-order valence-corrected chi connectivity index (χ3v) is 8.14. The summed E-state index contributed by atoms with van der Waals surface area (Å²) in [4.78, 5) is 23.1. The van der Waals surface area contributed by atoms with E-state index in [0.717, 1.165) is 46.5 Å². The first kappa shape index (κ1) is 28.0. The van der Waals surface area contributed by atoms with Gasteiger partial charge in [0, 0.05) is 18.7 Å². The third-order valence-electron chi connectivity index (χ3n) is 7.01. The monoisotopic (exact) mass is 566 g/mol. The number of aliphatic hydroxyl groups is 1. The molecule has 0 saturated heterocycles. The first-order valence-corrected chi connectivity index (χ1v) is 12.9. The average Bonchev–Trinajstić information content (AvgIpc) is 3.45. The number of aliphatic hydroxyl groups excluding tert-OH is 1. The summed E-state index contributed by atoms with van der Waals surface area (Å²) in [7, 11) is 0. The van der Waals surface area contributed by atoms with E-state index in [1.165, 1.54) is 11.3 Å². The van der Waals surface area contributed by atoms with E-state index in [2.05, 4.69) is 9.97 Å². The van der Waals surface area contributed by atoms with Gasteiger partial charge in [0.15, 0.2) is 0 Å². The topological polar surface area (TPSA) is 103 Å². The Hall–Kier alpha value is -3.05. The Labute approximate surface area is 237 Å². The van der Waals surface area contributed by atoms with Crippen LogP contribution in [-0.4, -0.2) is 25.7 Å². The molecule has 198 valence electrons. The highest BCUT2D eigenvalue weighted by Gasteiger charge is 2.26. The van der Waals surface area contributed by atoms with E-state index in [4.69, 9.17) is 10.5 Å². The zero-order valence-electron chi connectivity index (χ0n) is 20.8. The second-order valence-corrected chi connectivity index (χ2v) is 10.4. The number of hydrogen-bond acceptors (Lipinski definition) is 7. The predicted octanol–water partition coefficient (Wildman–Crippen LogP) is 5.22. The fourth-order valence-corrected chi connectivity index (χ4v) is 6.24. The van der Waals surface area contributed by atoms with Crippen molar-refractivity contribution < 1.29 is 9.84 Å². The molecule has 1 saturated carbocycles. The Morgan fingerprint density at radius 1 is 1.13 bits per heavy atom. The van der Waals surface area contributed by atoms with E-state index in [1.54, 1.807) is 10.8 Å². The summed E-state index contributed by atoms with van der Waals surface area (Å²) in [5.41, 5.74) is 8.64. The summed E-state index contributed by atoms with van der Waals surface area (Å²) in [6.07, 6.45) is 5.25. The molecule has 5 aromatic rings. The molecule has 3 heterocycles. The number of benzene rings is 2. The van der Waals surface area contributed by atoms with Crippen molar-refractivity contribution in [2.45, 2.75) is 38.6 Å². The van der Waals surface area contributed by atoms with Crippen molar-refractivity contribution in [1.82, 2.24) is 14.5 Å². The summed E-state index contributed by atoms with van der Waals surface area (Å²) < 4.78 is 8.18. The molecule has 0 radical (unpaired) electrons. The number of rotatable bonds is 5. The molecule has 1 fully saturated rings. The van der Waals surface area contributed by atoms with Crippen molar-refractivity contribution in [1.29, 1.82) is 0 Å². The molecule has 0 aliphatic heterocycles. The maximum absolute atomic E-state index is 13.4. The molecule has 0 spiro atoms. The molecule has 6 rings (SSSR count). The molecule has 0 amide bonds. The van der Waals surface area contributed by atoms with Crippen LogP contribution in [0.4, 0.5) is 0 Å². The lowest BCUT2D eigenvalue weighted by Gasteiger charge is -2.14. The largest absolute Gasteiger partial charge is 0.511 e. The van der Waals surface area contributed by atoms with Crippen molar-refractivity contribution in [3.8, 4) is 17.2 Å². The lowest BCUT2D eigenvalue weighted by molar-refractivity contribution is 0.411. The lowest BCUT2D eigenvalue weighted by Crippen LogP contribution is -2.26. The molecule has 1 aliphatic rings.